The maximum atomic E-state index is 13.8. The van der Waals surface area contributed by atoms with Gasteiger partial charge in [0.1, 0.15) is 30.5 Å². The molecule has 1 heterocycles. The molecular formula is C26H39F13N2O7. The van der Waals surface area contributed by atoms with Crippen molar-refractivity contribution in [2.24, 2.45) is 5.73 Å². The fourth-order valence-electron chi connectivity index (χ4n) is 4.49. The molecule has 7 N–H and O–H groups in total. The minimum absolute atomic E-state index is 0.0967. The third kappa shape index (κ3) is 10.2. The van der Waals surface area contributed by atoms with Crippen LogP contribution in [-0.2, 0) is 14.3 Å². The van der Waals surface area contributed by atoms with E-state index in [0.717, 1.165) is 0 Å². The average molecular weight is 739 g/mol. The minimum Gasteiger partial charge on any atom is -0.394 e. The molecule has 1 rings (SSSR count). The SMILES string of the molecule is NC(CO[C@@H]1O[C@H](CO)[C@H](O)[C@H](O)[C@H]1O)C(=O)NCCCCCCCCCCCC(F)(F)C(F)(F)C(F)(F)C(F)(F)C(F)(F)C(F)(F)F. The van der Waals surface area contributed by atoms with E-state index in [-0.39, 0.29) is 19.4 Å². The van der Waals surface area contributed by atoms with Crippen molar-refractivity contribution in [2.75, 3.05) is 19.8 Å². The summed E-state index contributed by atoms with van der Waals surface area (Å²) in [6.07, 6.45) is -15.3. The van der Waals surface area contributed by atoms with E-state index in [4.69, 9.17) is 20.3 Å². The quantitative estimate of drug-likeness (QED) is 0.0767. The lowest BCUT2D eigenvalue weighted by molar-refractivity contribution is -0.440. The van der Waals surface area contributed by atoms with Crippen LogP contribution in [0, 0.1) is 0 Å². The Kier molecular flexibility index (Phi) is 16.1. The van der Waals surface area contributed by atoms with E-state index in [1.807, 2.05) is 0 Å². The van der Waals surface area contributed by atoms with E-state index in [2.05, 4.69) is 5.32 Å². The maximum absolute atomic E-state index is 13.8. The topological polar surface area (TPSA) is 155 Å². The van der Waals surface area contributed by atoms with Crippen molar-refractivity contribution in [3.8, 4) is 0 Å². The highest BCUT2D eigenvalue weighted by atomic mass is 19.4. The van der Waals surface area contributed by atoms with E-state index in [0.29, 0.717) is 38.5 Å². The molecule has 1 unspecified atom stereocenters. The van der Waals surface area contributed by atoms with Crippen LogP contribution in [0.5, 0.6) is 0 Å². The van der Waals surface area contributed by atoms with Crippen molar-refractivity contribution in [2.45, 2.75) is 137 Å². The number of unbranched alkanes of at least 4 members (excludes halogenated alkanes) is 8. The first-order valence-electron chi connectivity index (χ1n) is 14.7. The lowest BCUT2D eigenvalue weighted by Crippen LogP contribution is -2.70. The molecule has 0 bridgehead atoms. The molecule has 0 spiro atoms. The molecular weight excluding hydrogens is 699 g/mol. The molecule has 22 heteroatoms. The zero-order valence-electron chi connectivity index (χ0n) is 25.2. The summed E-state index contributed by atoms with van der Waals surface area (Å²) >= 11 is 0. The lowest BCUT2D eigenvalue weighted by Gasteiger charge is -2.39. The molecule has 0 aliphatic carbocycles. The number of amides is 1. The number of halogens is 13. The summed E-state index contributed by atoms with van der Waals surface area (Å²) in [6, 6.07) is -1.21. The molecule has 0 saturated carbocycles. The first kappa shape index (κ1) is 44.3. The van der Waals surface area contributed by atoms with Crippen molar-refractivity contribution in [1.29, 1.82) is 0 Å². The Morgan fingerprint density at radius 1 is 0.688 bits per heavy atom. The van der Waals surface area contributed by atoms with Gasteiger partial charge < -0.3 is 41.0 Å². The number of carbonyl (C=O) groups excluding carboxylic acids is 1. The first-order chi connectivity index (χ1) is 21.8. The van der Waals surface area contributed by atoms with Gasteiger partial charge in [-0.05, 0) is 12.8 Å². The fraction of sp³-hybridized carbons (Fsp3) is 0.962. The summed E-state index contributed by atoms with van der Waals surface area (Å²) in [5.41, 5.74) is 5.71. The van der Waals surface area contributed by atoms with E-state index in [9.17, 15) is 77.2 Å². The Labute approximate surface area is 265 Å². The van der Waals surface area contributed by atoms with E-state index >= 15 is 0 Å². The second-order valence-corrected chi connectivity index (χ2v) is 11.4. The summed E-state index contributed by atoms with van der Waals surface area (Å²) in [7, 11) is 0. The highest BCUT2D eigenvalue weighted by Gasteiger charge is 2.90. The van der Waals surface area contributed by atoms with Crippen molar-refractivity contribution in [1.82, 2.24) is 5.32 Å². The van der Waals surface area contributed by atoms with Crippen LogP contribution in [0.3, 0.4) is 0 Å². The van der Waals surface area contributed by atoms with E-state index in [1.54, 1.807) is 0 Å². The molecule has 0 radical (unpaired) electrons. The van der Waals surface area contributed by atoms with Crippen LogP contribution in [0.25, 0.3) is 0 Å². The Balaban J connectivity index is 2.28. The molecule has 1 aliphatic heterocycles. The van der Waals surface area contributed by atoms with Gasteiger partial charge in [-0.15, -0.1) is 0 Å². The molecule has 9 nitrogen and oxygen atoms in total. The standard InChI is InChI=1S/C26H39F13N2O7/c27-21(28,22(29,30)23(31,32)24(33,34)25(35,36)26(37,38)39)10-8-6-4-2-1-3-5-7-9-11-41-19(46)14(40)13-47-20-18(45)17(44)16(43)15(12-42)48-20/h14-18,20,42-45H,1-13,40H2,(H,41,46)/t14?,15-,16+,17+,18-,20-/m1/s1. The number of aliphatic hydroxyl groups is 4. The average Bonchev–Trinajstić information content (AvgIpc) is 2.98. The number of alkyl halides is 13. The van der Waals surface area contributed by atoms with Gasteiger partial charge >= 0.3 is 35.8 Å². The van der Waals surface area contributed by atoms with Gasteiger partial charge in [0.2, 0.25) is 5.91 Å². The second kappa shape index (κ2) is 17.5. The highest BCUT2D eigenvalue weighted by Crippen LogP contribution is 2.60. The Hall–Kier alpha value is -1.72. The Bertz CT molecular complexity index is 990. The van der Waals surface area contributed by atoms with Gasteiger partial charge in [0.25, 0.3) is 0 Å². The van der Waals surface area contributed by atoms with Crippen LogP contribution in [0.4, 0.5) is 57.1 Å². The van der Waals surface area contributed by atoms with Crippen molar-refractivity contribution >= 4 is 5.91 Å². The third-order valence-corrected chi connectivity index (χ3v) is 7.59. The van der Waals surface area contributed by atoms with Crippen molar-refractivity contribution in [3.63, 3.8) is 0 Å². The van der Waals surface area contributed by atoms with Crippen molar-refractivity contribution in [3.05, 3.63) is 0 Å². The maximum Gasteiger partial charge on any atom is 0.460 e. The van der Waals surface area contributed by atoms with Gasteiger partial charge in [-0.3, -0.25) is 4.79 Å². The lowest BCUT2D eigenvalue weighted by atomic mass is 9.91. The summed E-state index contributed by atoms with van der Waals surface area (Å²) in [5, 5.41) is 41.1. The van der Waals surface area contributed by atoms with E-state index < -0.39 is 104 Å². The molecule has 0 aromatic heterocycles. The Morgan fingerprint density at radius 3 is 1.62 bits per heavy atom. The summed E-state index contributed by atoms with van der Waals surface area (Å²) < 4.78 is 181. The molecule has 0 aromatic rings. The van der Waals surface area contributed by atoms with Crippen LogP contribution < -0.4 is 11.1 Å². The largest absolute Gasteiger partial charge is 0.460 e. The molecule has 48 heavy (non-hydrogen) atoms. The predicted octanol–water partition coefficient (Wildman–Crippen LogP) is 3.89. The van der Waals surface area contributed by atoms with Gasteiger partial charge in [0.15, 0.2) is 6.29 Å². The molecule has 6 atom stereocenters. The van der Waals surface area contributed by atoms with Gasteiger partial charge in [-0.25, -0.2) is 0 Å². The highest BCUT2D eigenvalue weighted by molar-refractivity contribution is 5.81. The molecule has 286 valence electrons. The monoisotopic (exact) mass is 738 g/mol. The van der Waals surface area contributed by atoms with Crippen LogP contribution in [0.2, 0.25) is 0 Å². The minimum atomic E-state index is -7.89. The molecule has 1 saturated heterocycles. The fourth-order valence-corrected chi connectivity index (χ4v) is 4.49. The van der Waals surface area contributed by atoms with Crippen LogP contribution in [-0.4, -0.2) is 119 Å². The summed E-state index contributed by atoms with van der Waals surface area (Å²) in [5.74, 6) is -37.3. The number of rotatable bonds is 21. The molecule has 0 aromatic carbocycles. The zero-order valence-corrected chi connectivity index (χ0v) is 25.2. The van der Waals surface area contributed by atoms with Gasteiger partial charge in [-0.1, -0.05) is 44.9 Å². The number of carbonyl (C=O) groups is 1. The Morgan fingerprint density at radius 2 is 1.15 bits per heavy atom. The van der Waals surface area contributed by atoms with Gasteiger partial charge in [0, 0.05) is 13.0 Å². The van der Waals surface area contributed by atoms with E-state index in [1.165, 1.54) is 0 Å². The third-order valence-electron chi connectivity index (χ3n) is 7.59. The zero-order chi connectivity index (χ0) is 37.4. The number of hydrogen-bond donors (Lipinski definition) is 6. The smallest absolute Gasteiger partial charge is 0.394 e. The number of nitrogens with two attached hydrogens (primary N) is 1. The van der Waals surface area contributed by atoms with Crippen molar-refractivity contribution < 1.29 is 91.8 Å². The van der Waals surface area contributed by atoms with Crippen LogP contribution in [0.1, 0.15) is 64.2 Å². The summed E-state index contributed by atoms with van der Waals surface area (Å²) in [6.45, 7) is -0.930. The predicted molar refractivity (Wildman–Crippen MR) is 138 cm³/mol. The molecule has 1 aliphatic rings. The normalized spacial score (nSPS) is 24.1. The first-order valence-corrected chi connectivity index (χ1v) is 14.7. The van der Waals surface area contributed by atoms with Gasteiger partial charge in [0.05, 0.1) is 13.2 Å². The molecule has 1 amide bonds. The number of aliphatic hydroxyl groups excluding tert-OH is 4. The number of nitrogens with one attached hydrogen (secondary N) is 1. The number of ether oxygens (including phenoxy) is 2. The van der Waals surface area contributed by atoms with Gasteiger partial charge in [-0.2, -0.15) is 57.1 Å². The van der Waals surface area contributed by atoms with Crippen LogP contribution in [0.15, 0.2) is 0 Å². The number of hydrogen-bond acceptors (Lipinski definition) is 8. The molecule has 1 fully saturated rings. The summed E-state index contributed by atoms with van der Waals surface area (Å²) in [4.78, 5) is 12.1. The second-order valence-electron chi connectivity index (χ2n) is 11.4. The van der Waals surface area contributed by atoms with Crippen LogP contribution >= 0.6 is 0 Å².